The third kappa shape index (κ3) is 1.10. The van der Waals surface area contributed by atoms with Gasteiger partial charge < -0.3 is 9.47 Å². The molecule has 0 bridgehead atoms. The Hall–Kier alpha value is -1.18. The molecule has 1 heterocycles. The summed E-state index contributed by atoms with van der Waals surface area (Å²) in [5.41, 5.74) is 1.22. The van der Waals surface area contributed by atoms with Crippen LogP contribution in [0.5, 0.6) is 11.5 Å². The fourth-order valence-electron chi connectivity index (χ4n) is 2.32. The van der Waals surface area contributed by atoms with E-state index in [-0.39, 0.29) is 5.79 Å². The predicted molar refractivity (Wildman–Crippen MR) is 53.6 cm³/mol. The van der Waals surface area contributed by atoms with Gasteiger partial charge in [0.25, 0.3) is 5.79 Å². The van der Waals surface area contributed by atoms with Crippen molar-refractivity contribution in [1.29, 1.82) is 0 Å². The Morgan fingerprint density at radius 2 is 1.79 bits per heavy atom. The zero-order valence-electron chi connectivity index (χ0n) is 8.38. The van der Waals surface area contributed by atoms with Crippen LogP contribution in [-0.4, -0.2) is 5.79 Å². The largest absolute Gasteiger partial charge is 0.448 e. The van der Waals surface area contributed by atoms with Crippen LogP contribution in [-0.2, 0) is 0 Å². The summed E-state index contributed by atoms with van der Waals surface area (Å²) in [4.78, 5) is 0. The van der Waals surface area contributed by atoms with Gasteiger partial charge in [-0.25, -0.2) is 0 Å². The smallest absolute Gasteiger partial charge is 0.251 e. The quantitative estimate of drug-likeness (QED) is 0.626. The highest BCUT2D eigenvalue weighted by Crippen LogP contribution is 2.46. The predicted octanol–water partition coefficient (Wildman–Crippen LogP) is 3.04. The minimum Gasteiger partial charge on any atom is -0.448 e. The first-order valence-corrected chi connectivity index (χ1v) is 5.26. The molecule has 2 aliphatic rings. The molecule has 0 radical (unpaired) electrons. The number of fused-ring (bicyclic) bond motifs is 1. The van der Waals surface area contributed by atoms with E-state index >= 15 is 0 Å². The third-order valence-electron chi connectivity index (χ3n) is 3.06. The van der Waals surface area contributed by atoms with Gasteiger partial charge in [-0.3, -0.25) is 0 Å². The summed E-state index contributed by atoms with van der Waals surface area (Å²) in [6.45, 7) is 2.07. The summed E-state index contributed by atoms with van der Waals surface area (Å²) in [7, 11) is 0. The zero-order chi connectivity index (χ0) is 9.60. The molecule has 0 saturated heterocycles. The van der Waals surface area contributed by atoms with Crippen molar-refractivity contribution in [1.82, 2.24) is 0 Å². The maximum atomic E-state index is 5.91. The standard InChI is InChI=1S/C12H14O2/c1-9-4-5-10-11(8-9)14-12(13-10)6-2-3-7-12/h4-5,8H,2-3,6-7H2,1H3. The van der Waals surface area contributed by atoms with Gasteiger partial charge in [-0.15, -0.1) is 0 Å². The Morgan fingerprint density at radius 3 is 2.57 bits per heavy atom. The summed E-state index contributed by atoms with van der Waals surface area (Å²) in [5, 5.41) is 0. The number of hydrogen-bond donors (Lipinski definition) is 0. The molecule has 1 spiro atoms. The van der Waals surface area contributed by atoms with Crippen molar-refractivity contribution >= 4 is 0 Å². The third-order valence-corrected chi connectivity index (χ3v) is 3.06. The van der Waals surface area contributed by atoms with Crippen LogP contribution >= 0.6 is 0 Å². The molecule has 0 aromatic heterocycles. The van der Waals surface area contributed by atoms with Gasteiger partial charge in [0, 0.05) is 12.8 Å². The van der Waals surface area contributed by atoms with E-state index in [1.165, 1.54) is 18.4 Å². The Labute approximate surface area is 83.8 Å². The number of hydrogen-bond acceptors (Lipinski definition) is 2. The summed E-state index contributed by atoms with van der Waals surface area (Å²) < 4.78 is 11.8. The molecule has 1 saturated carbocycles. The Balaban J connectivity index is 1.96. The van der Waals surface area contributed by atoms with Crippen LogP contribution in [0, 0.1) is 6.92 Å². The van der Waals surface area contributed by atoms with Gasteiger partial charge in [0.2, 0.25) is 0 Å². The van der Waals surface area contributed by atoms with Crippen LogP contribution < -0.4 is 9.47 Å². The van der Waals surface area contributed by atoms with E-state index in [1.807, 2.05) is 6.07 Å². The molecule has 2 nitrogen and oxygen atoms in total. The number of ether oxygens (including phenoxy) is 2. The Morgan fingerprint density at radius 1 is 1.07 bits per heavy atom. The summed E-state index contributed by atoms with van der Waals surface area (Å²) in [5.74, 6) is 1.53. The second-order valence-corrected chi connectivity index (χ2v) is 4.27. The van der Waals surface area contributed by atoms with E-state index < -0.39 is 0 Å². The molecule has 2 heteroatoms. The lowest BCUT2D eigenvalue weighted by molar-refractivity contribution is -0.0716. The molecule has 1 aromatic carbocycles. The van der Waals surface area contributed by atoms with Crippen LogP contribution in [0.4, 0.5) is 0 Å². The molecule has 3 rings (SSSR count). The van der Waals surface area contributed by atoms with Gasteiger partial charge in [-0.05, 0) is 37.5 Å². The van der Waals surface area contributed by atoms with Crippen LogP contribution in [0.25, 0.3) is 0 Å². The number of benzene rings is 1. The molecule has 1 aliphatic carbocycles. The minimum atomic E-state index is -0.309. The van der Waals surface area contributed by atoms with E-state index in [0.717, 1.165) is 24.3 Å². The first-order valence-electron chi connectivity index (χ1n) is 5.26. The topological polar surface area (TPSA) is 18.5 Å². The molecule has 0 N–H and O–H groups in total. The molecule has 1 aliphatic heterocycles. The summed E-state index contributed by atoms with van der Waals surface area (Å²) in [6.07, 6.45) is 4.49. The second-order valence-electron chi connectivity index (χ2n) is 4.27. The molecular weight excluding hydrogens is 176 g/mol. The highest BCUT2D eigenvalue weighted by Gasteiger charge is 2.43. The monoisotopic (exact) mass is 190 g/mol. The SMILES string of the molecule is Cc1ccc2c(c1)OC1(CCCC1)O2. The first kappa shape index (κ1) is 8.16. The van der Waals surface area contributed by atoms with Gasteiger partial charge in [-0.1, -0.05) is 6.07 Å². The number of aryl methyl sites for hydroxylation is 1. The maximum Gasteiger partial charge on any atom is 0.251 e. The van der Waals surface area contributed by atoms with E-state index in [0.29, 0.717) is 0 Å². The lowest BCUT2D eigenvalue weighted by Gasteiger charge is -2.21. The van der Waals surface area contributed by atoms with Crippen molar-refractivity contribution < 1.29 is 9.47 Å². The molecule has 14 heavy (non-hydrogen) atoms. The van der Waals surface area contributed by atoms with Crippen LogP contribution in [0.1, 0.15) is 31.2 Å². The fourth-order valence-corrected chi connectivity index (χ4v) is 2.32. The number of rotatable bonds is 0. The molecule has 74 valence electrons. The Kier molecular flexibility index (Phi) is 1.55. The first-order chi connectivity index (χ1) is 6.77. The summed E-state index contributed by atoms with van der Waals surface area (Å²) >= 11 is 0. The second kappa shape index (κ2) is 2.66. The average Bonchev–Trinajstić information content (AvgIpc) is 2.72. The van der Waals surface area contributed by atoms with Crippen molar-refractivity contribution in [3.8, 4) is 11.5 Å². The molecule has 1 aromatic rings. The van der Waals surface area contributed by atoms with Crippen molar-refractivity contribution in [3.63, 3.8) is 0 Å². The molecule has 0 atom stereocenters. The van der Waals surface area contributed by atoms with Crippen molar-refractivity contribution in [2.75, 3.05) is 0 Å². The normalized spacial score (nSPS) is 21.8. The molecular formula is C12H14O2. The molecule has 1 fully saturated rings. The van der Waals surface area contributed by atoms with Gasteiger partial charge in [0.05, 0.1) is 0 Å². The fraction of sp³-hybridized carbons (Fsp3) is 0.500. The van der Waals surface area contributed by atoms with E-state index in [1.54, 1.807) is 0 Å². The Bertz CT molecular complexity index is 365. The van der Waals surface area contributed by atoms with Crippen molar-refractivity contribution in [2.45, 2.75) is 38.4 Å². The van der Waals surface area contributed by atoms with Crippen molar-refractivity contribution in [2.24, 2.45) is 0 Å². The van der Waals surface area contributed by atoms with Crippen molar-refractivity contribution in [3.05, 3.63) is 23.8 Å². The molecule has 0 unspecified atom stereocenters. The van der Waals surface area contributed by atoms with Gasteiger partial charge >= 0.3 is 0 Å². The highest BCUT2D eigenvalue weighted by atomic mass is 16.7. The van der Waals surface area contributed by atoms with Gasteiger partial charge in [0.15, 0.2) is 11.5 Å². The van der Waals surface area contributed by atoms with Gasteiger partial charge in [-0.2, -0.15) is 0 Å². The van der Waals surface area contributed by atoms with E-state index in [9.17, 15) is 0 Å². The zero-order valence-corrected chi connectivity index (χ0v) is 8.38. The van der Waals surface area contributed by atoms with Crippen LogP contribution in [0.15, 0.2) is 18.2 Å². The van der Waals surface area contributed by atoms with E-state index in [2.05, 4.69) is 19.1 Å². The summed E-state index contributed by atoms with van der Waals surface area (Å²) in [6, 6.07) is 6.14. The van der Waals surface area contributed by atoms with Gasteiger partial charge in [0.1, 0.15) is 0 Å². The lowest BCUT2D eigenvalue weighted by Crippen LogP contribution is -2.34. The van der Waals surface area contributed by atoms with Crippen LogP contribution in [0.3, 0.4) is 0 Å². The highest BCUT2D eigenvalue weighted by molar-refractivity contribution is 5.45. The lowest BCUT2D eigenvalue weighted by atomic mass is 10.2. The minimum absolute atomic E-state index is 0.309. The average molecular weight is 190 g/mol. The van der Waals surface area contributed by atoms with E-state index in [4.69, 9.17) is 9.47 Å². The molecule has 0 amide bonds. The maximum absolute atomic E-state index is 5.91. The van der Waals surface area contributed by atoms with Crippen LogP contribution in [0.2, 0.25) is 0 Å².